The molecule has 34 heavy (non-hydrogen) atoms. The smallest absolute Gasteiger partial charge is 0.229 e. The molecule has 4 aromatic rings. The van der Waals surface area contributed by atoms with Crippen LogP contribution in [0.5, 0.6) is 11.5 Å². The number of ether oxygens (including phenoxy) is 2. The highest BCUT2D eigenvalue weighted by Gasteiger charge is 2.20. The zero-order chi connectivity index (χ0) is 23.8. The summed E-state index contributed by atoms with van der Waals surface area (Å²) in [7, 11) is 1.66. The molecule has 0 saturated heterocycles. The van der Waals surface area contributed by atoms with Crippen molar-refractivity contribution >= 4 is 44.4 Å². The second kappa shape index (κ2) is 11.9. The number of hydrogen-bond donors (Lipinski definition) is 0. The van der Waals surface area contributed by atoms with Crippen molar-refractivity contribution in [3.05, 3.63) is 78.4 Å². The van der Waals surface area contributed by atoms with Crippen LogP contribution < -0.4 is 14.4 Å². The zero-order valence-electron chi connectivity index (χ0n) is 19.4. The quantitative estimate of drug-likeness (QED) is 0.170. The minimum absolute atomic E-state index is 0.0864. The number of hydrogen-bond acceptors (Lipinski definition) is 6. The van der Waals surface area contributed by atoms with E-state index in [0.29, 0.717) is 19.6 Å². The number of fused-ring (bicyclic) bond motifs is 1. The molecule has 0 bridgehead atoms. The van der Waals surface area contributed by atoms with Crippen molar-refractivity contribution in [2.75, 3.05) is 24.4 Å². The zero-order valence-corrected chi connectivity index (χ0v) is 21.0. The molecule has 0 atom stereocenters. The van der Waals surface area contributed by atoms with E-state index >= 15 is 0 Å². The molecule has 0 aliphatic heterocycles. The number of anilines is 1. The molecule has 0 unspecified atom stereocenters. The molecule has 0 saturated carbocycles. The summed E-state index contributed by atoms with van der Waals surface area (Å²) in [4.78, 5) is 21.1. The summed E-state index contributed by atoms with van der Waals surface area (Å²) in [6.07, 6.45) is 1.26. The van der Waals surface area contributed by atoms with Gasteiger partial charge in [-0.25, -0.2) is 4.98 Å². The highest BCUT2D eigenvalue weighted by molar-refractivity contribution is 7.99. The van der Waals surface area contributed by atoms with Crippen LogP contribution in [0.25, 0.3) is 10.2 Å². The van der Waals surface area contributed by atoms with E-state index < -0.39 is 0 Å². The van der Waals surface area contributed by atoms with Crippen LogP contribution in [0, 0.1) is 0 Å². The average Bonchev–Trinajstić information content (AvgIpc) is 3.29. The topological polar surface area (TPSA) is 51.7 Å². The first kappa shape index (κ1) is 24.1. The molecule has 3 aromatic carbocycles. The van der Waals surface area contributed by atoms with Gasteiger partial charge in [0, 0.05) is 11.3 Å². The standard InChI is InChI=1S/C27H28N2O3S2/c1-3-32-22-13-16-24-25(18-22)34-27(28-24)29(19-20-8-5-4-6-9-20)26(30)10-7-17-33-23-14-11-21(31-2)12-15-23/h4-6,8-9,11-16,18H,3,7,10,17,19H2,1-2H3. The van der Waals surface area contributed by atoms with Gasteiger partial charge in [-0.1, -0.05) is 41.7 Å². The summed E-state index contributed by atoms with van der Waals surface area (Å²) in [5.41, 5.74) is 1.96. The number of thioether (sulfide) groups is 1. The third-order valence-electron chi connectivity index (χ3n) is 5.24. The number of amides is 1. The van der Waals surface area contributed by atoms with Crippen LogP contribution in [0.4, 0.5) is 5.13 Å². The van der Waals surface area contributed by atoms with Crippen LogP contribution in [-0.2, 0) is 11.3 Å². The third-order valence-corrected chi connectivity index (χ3v) is 7.38. The number of rotatable bonds is 11. The van der Waals surface area contributed by atoms with E-state index in [1.54, 1.807) is 18.9 Å². The molecule has 1 amide bonds. The van der Waals surface area contributed by atoms with Gasteiger partial charge in [0.25, 0.3) is 0 Å². The van der Waals surface area contributed by atoms with Gasteiger partial charge in [0.05, 0.1) is 30.5 Å². The van der Waals surface area contributed by atoms with Gasteiger partial charge in [0.2, 0.25) is 5.91 Å². The van der Waals surface area contributed by atoms with E-state index in [1.165, 1.54) is 16.2 Å². The number of thiazole rings is 1. The molecule has 5 nitrogen and oxygen atoms in total. The second-order valence-corrected chi connectivity index (χ2v) is 9.83. The van der Waals surface area contributed by atoms with Gasteiger partial charge in [0.1, 0.15) is 11.5 Å². The van der Waals surface area contributed by atoms with Gasteiger partial charge in [-0.2, -0.15) is 0 Å². The predicted molar refractivity (Wildman–Crippen MR) is 141 cm³/mol. The molecule has 0 spiro atoms. The molecule has 0 aliphatic carbocycles. The molecule has 176 valence electrons. The summed E-state index contributed by atoms with van der Waals surface area (Å²) in [6.45, 7) is 3.09. The number of aromatic nitrogens is 1. The molecule has 0 N–H and O–H groups in total. The molecule has 0 aliphatic rings. The van der Waals surface area contributed by atoms with Crippen molar-refractivity contribution in [1.82, 2.24) is 4.98 Å². The van der Waals surface area contributed by atoms with E-state index in [2.05, 4.69) is 0 Å². The Bertz CT molecular complexity index is 1210. The van der Waals surface area contributed by atoms with Crippen molar-refractivity contribution in [2.24, 2.45) is 0 Å². The molecule has 1 heterocycles. The van der Waals surface area contributed by atoms with Crippen LogP contribution >= 0.6 is 23.1 Å². The molecule has 4 rings (SSSR count). The lowest BCUT2D eigenvalue weighted by Gasteiger charge is -2.20. The number of methoxy groups -OCH3 is 1. The van der Waals surface area contributed by atoms with Crippen LogP contribution in [0.3, 0.4) is 0 Å². The van der Waals surface area contributed by atoms with Crippen LogP contribution in [-0.4, -0.2) is 30.4 Å². The highest BCUT2D eigenvalue weighted by Crippen LogP contribution is 2.33. The predicted octanol–water partition coefficient (Wildman–Crippen LogP) is 6.81. The maximum absolute atomic E-state index is 13.3. The summed E-state index contributed by atoms with van der Waals surface area (Å²) >= 11 is 3.28. The fraction of sp³-hybridized carbons (Fsp3) is 0.259. The SMILES string of the molecule is CCOc1ccc2nc(N(Cc3ccccc3)C(=O)CCCSc3ccc(OC)cc3)sc2c1. The van der Waals surface area contributed by atoms with Gasteiger partial charge >= 0.3 is 0 Å². The fourth-order valence-corrected chi connectivity index (χ4v) is 5.38. The Morgan fingerprint density at radius 2 is 1.79 bits per heavy atom. The van der Waals surface area contributed by atoms with Crippen LogP contribution in [0.15, 0.2) is 77.7 Å². The first-order chi connectivity index (χ1) is 16.7. The van der Waals surface area contributed by atoms with E-state index in [9.17, 15) is 4.79 Å². The lowest BCUT2D eigenvalue weighted by atomic mass is 10.2. The molecule has 1 aromatic heterocycles. The Balaban J connectivity index is 1.45. The fourth-order valence-electron chi connectivity index (χ4n) is 3.51. The van der Waals surface area contributed by atoms with Gasteiger partial charge in [-0.15, -0.1) is 11.8 Å². The van der Waals surface area contributed by atoms with E-state index in [0.717, 1.165) is 44.6 Å². The Kier molecular flexibility index (Phi) is 8.44. The summed E-state index contributed by atoms with van der Waals surface area (Å²) in [6, 6.07) is 23.9. The van der Waals surface area contributed by atoms with Crippen molar-refractivity contribution in [3.63, 3.8) is 0 Å². The van der Waals surface area contributed by atoms with E-state index in [4.69, 9.17) is 14.5 Å². The van der Waals surface area contributed by atoms with Crippen molar-refractivity contribution in [2.45, 2.75) is 31.2 Å². The number of nitrogens with zero attached hydrogens (tertiary/aromatic N) is 2. The Hall–Kier alpha value is -3.03. The van der Waals surface area contributed by atoms with Crippen molar-refractivity contribution < 1.29 is 14.3 Å². The maximum Gasteiger partial charge on any atom is 0.229 e. The van der Waals surface area contributed by atoms with Crippen molar-refractivity contribution in [3.8, 4) is 11.5 Å². The number of carbonyl (C=O) groups is 1. The summed E-state index contributed by atoms with van der Waals surface area (Å²) in [5, 5.41) is 0.723. The lowest BCUT2D eigenvalue weighted by molar-refractivity contribution is -0.118. The highest BCUT2D eigenvalue weighted by atomic mass is 32.2. The molecule has 0 fully saturated rings. The number of carbonyl (C=O) groups excluding carboxylic acids is 1. The minimum Gasteiger partial charge on any atom is -0.497 e. The van der Waals surface area contributed by atoms with Crippen molar-refractivity contribution in [1.29, 1.82) is 0 Å². The largest absolute Gasteiger partial charge is 0.497 e. The van der Waals surface area contributed by atoms with Gasteiger partial charge in [0.15, 0.2) is 5.13 Å². The maximum atomic E-state index is 13.3. The monoisotopic (exact) mass is 492 g/mol. The first-order valence-electron chi connectivity index (χ1n) is 11.3. The molecular weight excluding hydrogens is 464 g/mol. The third kappa shape index (κ3) is 6.30. The number of benzene rings is 3. The molecular formula is C27H28N2O3S2. The Morgan fingerprint density at radius 1 is 1.03 bits per heavy atom. The molecule has 0 radical (unpaired) electrons. The summed E-state index contributed by atoms with van der Waals surface area (Å²) < 4.78 is 11.9. The van der Waals surface area contributed by atoms with E-state index in [-0.39, 0.29) is 5.91 Å². The van der Waals surface area contributed by atoms with Gasteiger partial charge in [-0.3, -0.25) is 9.69 Å². The molecule has 7 heteroatoms. The Labute approximate surface area is 208 Å². The normalized spacial score (nSPS) is 10.9. The lowest BCUT2D eigenvalue weighted by Crippen LogP contribution is -2.30. The van der Waals surface area contributed by atoms with E-state index in [1.807, 2.05) is 84.6 Å². The average molecular weight is 493 g/mol. The summed E-state index contributed by atoms with van der Waals surface area (Å²) in [5.74, 6) is 2.62. The second-order valence-electron chi connectivity index (χ2n) is 7.65. The van der Waals surface area contributed by atoms with Gasteiger partial charge < -0.3 is 9.47 Å². The van der Waals surface area contributed by atoms with Crippen LogP contribution in [0.2, 0.25) is 0 Å². The van der Waals surface area contributed by atoms with Crippen LogP contribution in [0.1, 0.15) is 25.3 Å². The minimum atomic E-state index is 0.0864. The first-order valence-corrected chi connectivity index (χ1v) is 13.1. The van der Waals surface area contributed by atoms with Gasteiger partial charge in [-0.05, 0) is 67.1 Å². The Morgan fingerprint density at radius 3 is 2.53 bits per heavy atom.